The molecule has 2 nitrogen and oxygen atoms in total. The fraction of sp³-hybridized carbons (Fsp3) is 0.368. The highest BCUT2D eigenvalue weighted by Gasteiger charge is 2.09. The van der Waals surface area contributed by atoms with Crippen LogP contribution in [0.2, 0.25) is 0 Å². The van der Waals surface area contributed by atoms with Gasteiger partial charge in [0.1, 0.15) is 11.5 Å². The van der Waals surface area contributed by atoms with E-state index in [0.29, 0.717) is 0 Å². The molecule has 0 saturated carbocycles. The lowest BCUT2D eigenvalue weighted by molar-refractivity contribution is 0.423. The highest BCUT2D eigenvalue weighted by Crippen LogP contribution is 2.24. The minimum absolute atomic E-state index is 0.128. The summed E-state index contributed by atoms with van der Waals surface area (Å²) in [6.45, 7) is 11.6. The first-order valence-corrected chi connectivity index (χ1v) is 7.42. The Bertz CT molecular complexity index is 594. The maximum absolute atomic E-state index is 5.89. The van der Waals surface area contributed by atoms with E-state index in [9.17, 15) is 0 Å². The Labute approximate surface area is 128 Å². The Morgan fingerprint density at radius 3 is 2.10 bits per heavy atom. The molecule has 0 fully saturated rings. The molecule has 0 aliphatic rings. The van der Waals surface area contributed by atoms with Crippen molar-refractivity contribution in [1.29, 1.82) is 0 Å². The van der Waals surface area contributed by atoms with Crippen molar-refractivity contribution in [3.8, 4) is 11.5 Å². The summed E-state index contributed by atoms with van der Waals surface area (Å²) in [6.07, 6.45) is 0. The highest BCUT2D eigenvalue weighted by atomic mass is 16.5. The van der Waals surface area contributed by atoms with Crippen molar-refractivity contribution in [3.63, 3.8) is 0 Å². The van der Waals surface area contributed by atoms with E-state index in [1.54, 1.807) is 0 Å². The molecular formula is C19H25NO. The second-order valence-corrected chi connectivity index (χ2v) is 6.61. The molecule has 0 heterocycles. The maximum atomic E-state index is 5.89. The van der Waals surface area contributed by atoms with Crippen LogP contribution in [0.4, 0.5) is 0 Å². The van der Waals surface area contributed by atoms with E-state index in [0.717, 1.165) is 18.0 Å². The molecule has 0 spiro atoms. The third kappa shape index (κ3) is 4.91. The number of rotatable bonds is 4. The van der Waals surface area contributed by atoms with Crippen molar-refractivity contribution in [3.05, 3.63) is 59.2 Å². The van der Waals surface area contributed by atoms with Gasteiger partial charge in [-0.3, -0.25) is 0 Å². The first-order chi connectivity index (χ1) is 9.83. The molecule has 0 aromatic heterocycles. The summed E-state index contributed by atoms with van der Waals surface area (Å²) in [5.74, 6) is 1.76. The number of hydrogen-bond acceptors (Lipinski definition) is 2. The molecule has 0 saturated heterocycles. The standard InChI is InChI=1S/C19H25NO/c1-14-6-9-17(10-7-14)21-18-11-8-16(15(2)12-18)13-20-19(3,4)5/h6-12,20H,13H2,1-5H3. The van der Waals surface area contributed by atoms with E-state index in [1.165, 1.54) is 16.7 Å². The van der Waals surface area contributed by atoms with Crippen molar-refractivity contribution in [1.82, 2.24) is 5.32 Å². The van der Waals surface area contributed by atoms with Crippen LogP contribution in [0.25, 0.3) is 0 Å². The van der Waals surface area contributed by atoms with Gasteiger partial charge in [-0.05, 0) is 70.0 Å². The second-order valence-electron chi connectivity index (χ2n) is 6.61. The SMILES string of the molecule is Cc1ccc(Oc2ccc(CNC(C)(C)C)c(C)c2)cc1. The van der Waals surface area contributed by atoms with Crippen LogP contribution in [-0.4, -0.2) is 5.54 Å². The van der Waals surface area contributed by atoms with Gasteiger partial charge in [-0.2, -0.15) is 0 Å². The summed E-state index contributed by atoms with van der Waals surface area (Å²) < 4.78 is 5.89. The summed E-state index contributed by atoms with van der Waals surface area (Å²) in [7, 11) is 0. The molecule has 0 atom stereocenters. The van der Waals surface area contributed by atoms with Gasteiger partial charge in [0.05, 0.1) is 0 Å². The molecule has 2 aromatic carbocycles. The second kappa shape index (κ2) is 6.31. The summed E-state index contributed by atoms with van der Waals surface area (Å²) >= 11 is 0. The summed E-state index contributed by atoms with van der Waals surface area (Å²) in [6, 6.07) is 14.4. The minimum atomic E-state index is 0.128. The Morgan fingerprint density at radius 1 is 0.905 bits per heavy atom. The summed E-state index contributed by atoms with van der Waals surface area (Å²) in [5, 5.41) is 3.51. The van der Waals surface area contributed by atoms with Gasteiger partial charge in [0.15, 0.2) is 0 Å². The number of ether oxygens (including phenoxy) is 1. The molecule has 0 unspecified atom stereocenters. The zero-order valence-corrected chi connectivity index (χ0v) is 13.7. The van der Waals surface area contributed by atoms with Gasteiger partial charge in [-0.15, -0.1) is 0 Å². The summed E-state index contributed by atoms with van der Waals surface area (Å²) in [5.41, 5.74) is 3.92. The van der Waals surface area contributed by atoms with Crippen LogP contribution in [0.3, 0.4) is 0 Å². The zero-order valence-electron chi connectivity index (χ0n) is 13.7. The molecule has 2 aromatic rings. The Balaban J connectivity index is 2.06. The van der Waals surface area contributed by atoms with Gasteiger partial charge in [0.25, 0.3) is 0 Å². The van der Waals surface area contributed by atoms with Gasteiger partial charge in [-0.1, -0.05) is 23.8 Å². The van der Waals surface area contributed by atoms with E-state index in [-0.39, 0.29) is 5.54 Å². The first kappa shape index (κ1) is 15.6. The fourth-order valence-corrected chi connectivity index (χ4v) is 2.03. The molecular weight excluding hydrogens is 258 g/mol. The monoisotopic (exact) mass is 283 g/mol. The Kier molecular flexibility index (Phi) is 4.69. The molecule has 0 aliphatic carbocycles. The van der Waals surface area contributed by atoms with Crippen LogP contribution in [0.5, 0.6) is 11.5 Å². The van der Waals surface area contributed by atoms with Crippen LogP contribution >= 0.6 is 0 Å². The van der Waals surface area contributed by atoms with Crippen LogP contribution in [0.1, 0.15) is 37.5 Å². The molecule has 0 amide bonds. The van der Waals surface area contributed by atoms with Crippen LogP contribution < -0.4 is 10.1 Å². The number of aryl methyl sites for hydroxylation is 2. The van der Waals surface area contributed by atoms with Gasteiger partial charge < -0.3 is 10.1 Å². The molecule has 2 heteroatoms. The van der Waals surface area contributed by atoms with Gasteiger partial charge >= 0.3 is 0 Å². The molecule has 0 bridgehead atoms. The predicted octanol–water partition coefficient (Wildman–Crippen LogP) is 4.98. The predicted molar refractivity (Wildman–Crippen MR) is 89.0 cm³/mol. The van der Waals surface area contributed by atoms with Crippen LogP contribution in [0, 0.1) is 13.8 Å². The molecule has 1 N–H and O–H groups in total. The average Bonchev–Trinajstić information content (AvgIpc) is 2.39. The van der Waals surface area contributed by atoms with Gasteiger partial charge in [0.2, 0.25) is 0 Å². The molecule has 0 aliphatic heterocycles. The summed E-state index contributed by atoms with van der Waals surface area (Å²) in [4.78, 5) is 0. The van der Waals surface area contributed by atoms with E-state index in [1.807, 2.05) is 18.2 Å². The van der Waals surface area contributed by atoms with Crippen LogP contribution in [0.15, 0.2) is 42.5 Å². The smallest absolute Gasteiger partial charge is 0.127 e. The van der Waals surface area contributed by atoms with Gasteiger partial charge in [0, 0.05) is 12.1 Å². The quantitative estimate of drug-likeness (QED) is 0.854. The maximum Gasteiger partial charge on any atom is 0.127 e. The average molecular weight is 283 g/mol. The Morgan fingerprint density at radius 2 is 1.52 bits per heavy atom. The van der Waals surface area contributed by atoms with E-state index >= 15 is 0 Å². The van der Waals surface area contributed by atoms with E-state index in [4.69, 9.17) is 4.74 Å². The molecule has 2 rings (SSSR count). The lowest BCUT2D eigenvalue weighted by atomic mass is 10.1. The lowest BCUT2D eigenvalue weighted by Crippen LogP contribution is -2.35. The fourth-order valence-electron chi connectivity index (χ4n) is 2.03. The van der Waals surface area contributed by atoms with Crippen LogP contribution in [-0.2, 0) is 6.54 Å². The number of benzene rings is 2. The van der Waals surface area contributed by atoms with Crippen molar-refractivity contribution in [2.75, 3.05) is 0 Å². The number of hydrogen-bond donors (Lipinski definition) is 1. The van der Waals surface area contributed by atoms with Crippen molar-refractivity contribution >= 4 is 0 Å². The zero-order chi connectivity index (χ0) is 15.5. The van der Waals surface area contributed by atoms with Gasteiger partial charge in [-0.25, -0.2) is 0 Å². The van der Waals surface area contributed by atoms with Crippen molar-refractivity contribution in [2.24, 2.45) is 0 Å². The van der Waals surface area contributed by atoms with Crippen molar-refractivity contribution in [2.45, 2.75) is 46.7 Å². The lowest BCUT2D eigenvalue weighted by Gasteiger charge is -2.21. The third-order valence-electron chi connectivity index (χ3n) is 3.38. The molecule has 112 valence electrons. The van der Waals surface area contributed by atoms with E-state index in [2.05, 4.69) is 64.2 Å². The normalized spacial score (nSPS) is 11.5. The molecule has 21 heavy (non-hydrogen) atoms. The molecule has 0 radical (unpaired) electrons. The first-order valence-electron chi connectivity index (χ1n) is 7.42. The largest absolute Gasteiger partial charge is 0.457 e. The van der Waals surface area contributed by atoms with E-state index < -0.39 is 0 Å². The number of nitrogens with one attached hydrogen (secondary N) is 1. The topological polar surface area (TPSA) is 21.3 Å². The van der Waals surface area contributed by atoms with Crippen molar-refractivity contribution < 1.29 is 4.74 Å². The third-order valence-corrected chi connectivity index (χ3v) is 3.38. The minimum Gasteiger partial charge on any atom is -0.457 e. The Hall–Kier alpha value is -1.80. The highest BCUT2D eigenvalue weighted by molar-refractivity contribution is 5.38.